The van der Waals surface area contributed by atoms with Crippen molar-refractivity contribution in [1.82, 2.24) is 4.98 Å². The molecule has 1 aromatic carbocycles. The largest absolute Gasteiger partial charge is 0.497 e. The maximum atomic E-state index is 5.07. The Hall–Kier alpha value is -1.39. The molecule has 1 aromatic heterocycles. The van der Waals surface area contributed by atoms with Gasteiger partial charge in [0.1, 0.15) is 12.0 Å². The van der Waals surface area contributed by atoms with E-state index in [1.807, 2.05) is 24.3 Å². The van der Waals surface area contributed by atoms with Crippen LogP contribution in [0.4, 0.5) is 6.01 Å². The molecule has 1 heterocycles. The number of nitrogens with one attached hydrogen (secondary N) is 1. The third-order valence-corrected chi connectivity index (χ3v) is 2.04. The van der Waals surface area contributed by atoms with Crippen LogP contribution in [0.3, 0.4) is 0 Å². The van der Waals surface area contributed by atoms with Crippen LogP contribution in [0.15, 0.2) is 41.1 Å². The Bertz CT molecular complexity index is 404. The van der Waals surface area contributed by atoms with E-state index in [0.717, 1.165) is 11.3 Å². The number of ether oxygens (including phenoxy) is 1. The third-order valence-electron chi connectivity index (χ3n) is 2.04. The summed E-state index contributed by atoms with van der Waals surface area (Å²) in [5.74, 6) is 0.856. The number of hydrogen-bond acceptors (Lipinski definition) is 4. The minimum Gasteiger partial charge on any atom is -0.497 e. The van der Waals surface area contributed by atoms with Crippen LogP contribution in [0.25, 0.3) is 0 Å². The first kappa shape index (κ1) is 15.6. The maximum absolute atomic E-state index is 5.07. The Morgan fingerprint density at radius 2 is 1.94 bits per heavy atom. The average molecular weight is 277 g/mol. The second kappa shape index (κ2) is 7.81. The molecule has 0 spiro atoms. The predicted octanol–water partition coefficient (Wildman–Crippen LogP) is 3.14. The van der Waals surface area contributed by atoms with Gasteiger partial charge in [0.2, 0.25) is 0 Å². The van der Waals surface area contributed by atoms with Crippen LogP contribution in [0.5, 0.6) is 5.75 Å². The van der Waals surface area contributed by atoms with Crippen LogP contribution in [-0.4, -0.2) is 12.1 Å². The molecule has 0 aliphatic rings. The van der Waals surface area contributed by atoms with Crippen LogP contribution in [-0.2, 0) is 6.54 Å². The van der Waals surface area contributed by atoms with Crippen molar-refractivity contribution in [3.63, 3.8) is 0 Å². The van der Waals surface area contributed by atoms with E-state index in [0.29, 0.717) is 12.6 Å². The highest BCUT2D eigenvalue weighted by Crippen LogP contribution is 2.12. The van der Waals surface area contributed by atoms with Gasteiger partial charge < -0.3 is 14.5 Å². The van der Waals surface area contributed by atoms with Gasteiger partial charge in [-0.15, -0.1) is 24.8 Å². The zero-order valence-corrected chi connectivity index (χ0v) is 10.9. The van der Waals surface area contributed by atoms with Crippen molar-refractivity contribution in [2.45, 2.75) is 6.54 Å². The Morgan fingerprint density at radius 3 is 2.47 bits per heavy atom. The van der Waals surface area contributed by atoms with E-state index in [1.165, 1.54) is 6.26 Å². The van der Waals surface area contributed by atoms with Gasteiger partial charge in [0.05, 0.1) is 13.3 Å². The number of anilines is 1. The van der Waals surface area contributed by atoms with Crippen LogP contribution >= 0.6 is 24.8 Å². The van der Waals surface area contributed by atoms with Gasteiger partial charge in [-0.3, -0.25) is 0 Å². The molecule has 1 N–H and O–H groups in total. The molecule has 0 unspecified atom stereocenters. The number of rotatable bonds is 4. The van der Waals surface area contributed by atoms with Crippen molar-refractivity contribution in [3.05, 3.63) is 42.3 Å². The summed E-state index contributed by atoms with van der Waals surface area (Å²) < 4.78 is 10.1. The van der Waals surface area contributed by atoms with E-state index in [-0.39, 0.29) is 24.8 Å². The molecule has 0 radical (unpaired) electrons. The second-order valence-electron chi connectivity index (χ2n) is 3.04. The molecule has 0 fully saturated rings. The van der Waals surface area contributed by atoms with Crippen molar-refractivity contribution in [1.29, 1.82) is 0 Å². The first-order chi connectivity index (χ1) is 7.38. The van der Waals surface area contributed by atoms with Crippen molar-refractivity contribution >= 4 is 30.8 Å². The van der Waals surface area contributed by atoms with Gasteiger partial charge in [-0.1, -0.05) is 12.1 Å². The number of halogens is 2. The Labute approximate surface area is 112 Å². The molecule has 17 heavy (non-hydrogen) atoms. The highest BCUT2D eigenvalue weighted by molar-refractivity contribution is 5.85. The second-order valence-corrected chi connectivity index (χ2v) is 3.04. The fraction of sp³-hybridized carbons (Fsp3) is 0.182. The van der Waals surface area contributed by atoms with Gasteiger partial charge >= 0.3 is 0 Å². The molecule has 0 amide bonds. The van der Waals surface area contributed by atoms with Crippen LogP contribution in [0.2, 0.25) is 0 Å². The fourth-order valence-corrected chi connectivity index (χ4v) is 1.23. The molecule has 0 atom stereocenters. The summed E-state index contributed by atoms with van der Waals surface area (Å²) in [4.78, 5) is 3.96. The number of oxazole rings is 1. The zero-order valence-electron chi connectivity index (χ0n) is 9.25. The summed E-state index contributed by atoms with van der Waals surface area (Å²) in [5, 5.41) is 3.06. The molecule has 94 valence electrons. The summed E-state index contributed by atoms with van der Waals surface area (Å²) in [7, 11) is 1.65. The molecule has 4 nitrogen and oxygen atoms in total. The van der Waals surface area contributed by atoms with Gasteiger partial charge in [-0.05, 0) is 17.7 Å². The van der Waals surface area contributed by atoms with Gasteiger partial charge in [0.15, 0.2) is 0 Å². The predicted molar refractivity (Wildman–Crippen MR) is 71.3 cm³/mol. The van der Waals surface area contributed by atoms with Crippen molar-refractivity contribution < 1.29 is 9.15 Å². The lowest BCUT2D eigenvalue weighted by atomic mass is 10.2. The number of benzene rings is 1. The minimum absolute atomic E-state index is 0. The van der Waals surface area contributed by atoms with Gasteiger partial charge in [0.25, 0.3) is 6.01 Å². The monoisotopic (exact) mass is 276 g/mol. The van der Waals surface area contributed by atoms with E-state index in [4.69, 9.17) is 9.15 Å². The third kappa shape index (κ3) is 4.54. The maximum Gasteiger partial charge on any atom is 0.294 e. The Kier molecular flexibility index (Phi) is 7.18. The molecule has 0 saturated carbocycles. The standard InChI is InChI=1S/C11H12N2O2.2ClH/c1-14-10-4-2-9(3-5-10)8-13-11-12-6-7-15-11;;/h2-7H,8H2,1H3,(H,12,13);2*1H. The Morgan fingerprint density at radius 1 is 1.24 bits per heavy atom. The molecule has 6 heteroatoms. The molecular formula is C11H14Cl2N2O2. The van der Waals surface area contributed by atoms with Crippen molar-refractivity contribution in [2.75, 3.05) is 12.4 Å². The minimum atomic E-state index is 0. The molecule has 0 saturated heterocycles. The lowest BCUT2D eigenvalue weighted by molar-refractivity contribution is 0.414. The van der Waals surface area contributed by atoms with E-state index < -0.39 is 0 Å². The summed E-state index contributed by atoms with van der Waals surface area (Å²) in [6.45, 7) is 0.685. The lowest BCUT2D eigenvalue weighted by Gasteiger charge is -2.03. The smallest absolute Gasteiger partial charge is 0.294 e. The van der Waals surface area contributed by atoms with Crippen molar-refractivity contribution in [3.8, 4) is 5.75 Å². The van der Waals surface area contributed by atoms with Gasteiger partial charge in [-0.25, -0.2) is 4.98 Å². The first-order valence-electron chi connectivity index (χ1n) is 4.65. The highest BCUT2D eigenvalue weighted by Gasteiger charge is 1.97. The molecule has 0 aliphatic carbocycles. The first-order valence-corrected chi connectivity index (χ1v) is 4.65. The van der Waals surface area contributed by atoms with Crippen LogP contribution in [0.1, 0.15) is 5.56 Å². The van der Waals surface area contributed by atoms with Crippen LogP contribution < -0.4 is 10.1 Å². The number of nitrogens with zero attached hydrogens (tertiary/aromatic N) is 1. The average Bonchev–Trinajstić information content (AvgIpc) is 2.80. The fourth-order valence-electron chi connectivity index (χ4n) is 1.23. The van der Waals surface area contributed by atoms with E-state index in [1.54, 1.807) is 13.3 Å². The molecule has 0 aliphatic heterocycles. The summed E-state index contributed by atoms with van der Waals surface area (Å²) in [5.41, 5.74) is 1.15. The molecule has 0 bridgehead atoms. The summed E-state index contributed by atoms with van der Waals surface area (Å²) in [6.07, 6.45) is 3.15. The summed E-state index contributed by atoms with van der Waals surface area (Å²) >= 11 is 0. The normalized spacial score (nSPS) is 8.76. The highest BCUT2D eigenvalue weighted by atomic mass is 35.5. The summed E-state index contributed by atoms with van der Waals surface area (Å²) in [6, 6.07) is 8.37. The van der Waals surface area contributed by atoms with Crippen molar-refractivity contribution in [2.24, 2.45) is 0 Å². The lowest BCUT2D eigenvalue weighted by Crippen LogP contribution is -1.99. The van der Waals surface area contributed by atoms with E-state index in [9.17, 15) is 0 Å². The molecule has 2 aromatic rings. The number of methoxy groups -OCH3 is 1. The van der Waals surface area contributed by atoms with Gasteiger partial charge in [-0.2, -0.15) is 0 Å². The number of aromatic nitrogens is 1. The number of hydrogen-bond donors (Lipinski definition) is 1. The topological polar surface area (TPSA) is 47.3 Å². The van der Waals surface area contributed by atoms with E-state index in [2.05, 4.69) is 10.3 Å². The quantitative estimate of drug-likeness (QED) is 0.932. The molecular weight excluding hydrogens is 263 g/mol. The Balaban J connectivity index is 0.00000128. The zero-order chi connectivity index (χ0) is 10.5. The van der Waals surface area contributed by atoms with E-state index >= 15 is 0 Å². The SMILES string of the molecule is COc1ccc(CNc2ncco2)cc1.Cl.Cl. The molecule has 2 rings (SSSR count). The van der Waals surface area contributed by atoms with Crippen LogP contribution in [0, 0.1) is 0 Å². The van der Waals surface area contributed by atoms with Gasteiger partial charge in [0, 0.05) is 6.54 Å².